The monoisotopic (exact) mass is 464 g/mol. The molecule has 1 unspecified atom stereocenters. The van der Waals surface area contributed by atoms with Crippen LogP contribution in [0.25, 0.3) is 21.7 Å². The second kappa shape index (κ2) is 9.43. The van der Waals surface area contributed by atoms with E-state index < -0.39 is 0 Å². The molecular formula is C31H32N2O2. The maximum atomic E-state index is 13.4. The quantitative estimate of drug-likeness (QED) is 0.313. The van der Waals surface area contributed by atoms with E-state index in [4.69, 9.17) is 4.74 Å². The summed E-state index contributed by atoms with van der Waals surface area (Å²) in [5.74, 6) is 1.30. The molecule has 0 radical (unpaired) electrons. The zero-order valence-corrected chi connectivity index (χ0v) is 20.3. The summed E-state index contributed by atoms with van der Waals surface area (Å²) < 4.78 is 6.41. The highest BCUT2D eigenvalue weighted by Crippen LogP contribution is 2.44. The van der Waals surface area contributed by atoms with Crippen molar-refractivity contribution in [2.45, 2.75) is 44.8 Å². The molecule has 1 aromatic heterocycles. The van der Waals surface area contributed by atoms with Crippen LogP contribution in [0.2, 0.25) is 0 Å². The molecule has 7 rings (SSSR count). The van der Waals surface area contributed by atoms with Crippen molar-refractivity contribution in [2.75, 3.05) is 13.1 Å². The molecule has 5 atom stereocenters. The Kier molecular flexibility index (Phi) is 5.99. The van der Waals surface area contributed by atoms with E-state index in [0.29, 0.717) is 5.92 Å². The Hall–Kier alpha value is -3.24. The Morgan fingerprint density at radius 2 is 1.89 bits per heavy atom. The van der Waals surface area contributed by atoms with Gasteiger partial charge in [-0.3, -0.25) is 14.7 Å². The van der Waals surface area contributed by atoms with E-state index in [0.717, 1.165) is 52.8 Å². The van der Waals surface area contributed by atoms with E-state index in [2.05, 4.69) is 53.2 Å². The molecule has 4 heterocycles. The number of carbonyl (C=O) groups is 1. The number of para-hydroxylation sites is 1. The Bertz CT molecular complexity index is 1360. The van der Waals surface area contributed by atoms with Crippen LogP contribution in [-0.2, 0) is 16.0 Å². The van der Waals surface area contributed by atoms with Gasteiger partial charge in [-0.25, -0.2) is 0 Å². The summed E-state index contributed by atoms with van der Waals surface area (Å²) in [6.07, 6.45) is 5.40. The molecule has 3 saturated heterocycles. The number of carbonyl (C=O) groups excluding carboxylic acids is 1. The van der Waals surface area contributed by atoms with Gasteiger partial charge >= 0.3 is 5.97 Å². The summed E-state index contributed by atoms with van der Waals surface area (Å²) in [5, 5.41) is 3.41. The molecule has 0 spiro atoms. The smallest absolute Gasteiger partial charge is 0.310 e. The highest BCUT2D eigenvalue weighted by Gasteiger charge is 2.44. The molecule has 0 saturated carbocycles. The molecular weight excluding hydrogens is 432 g/mol. The first-order chi connectivity index (χ1) is 17.2. The lowest BCUT2D eigenvalue weighted by Gasteiger charge is -2.51. The number of benzene rings is 3. The highest BCUT2D eigenvalue weighted by atomic mass is 16.5. The average Bonchev–Trinajstić information content (AvgIpc) is 2.91. The second-order valence-electron chi connectivity index (χ2n) is 10.2. The van der Waals surface area contributed by atoms with Crippen LogP contribution in [0.15, 0.2) is 79.0 Å². The molecule has 3 aliphatic rings. The number of fused-ring (bicyclic) bond motifs is 5. The van der Waals surface area contributed by atoms with Gasteiger partial charge in [0.1, 0.15) is 6.10 Å². The van der Waals surface area contributed by atoms with Gasteiger partial charge in [-0.05, 0) is 59.7 Å². The number of aromatic nitrogens is 1. The molecule has 178 valence electrons. The highest BCUT2D eigenvalue weighted by molar-refractivity contribution is 5.85. The minimum Gasteiger partial charge on any atom is -0.456 e. The van der Waals surface area contributed by atoms with Gasteiger partial charge in [-0.1, -0.05) is 74.0 Å². The van der Waals surface area contributed by atoms with E-state index in [1.54, 1.807) is 0 Å². The second-order valence-corrected chi connectivity index (χ2v) is 10.2. The lowest BCUT2D eigenvalue weighted by atomic mass is 9.72. The first-order valence-electron chi connectivity index (χ1n) is 12.9. The molecule has 3 aromatic carbocycles. The normalized spacial score (nSPS) is 24.5. The summed E-state index contributed by atoms with van der Waals surface area (Å²) in [6, 6.07) is 24.9. The van der Waals surface area contributed by atoms with Gasteiger partial charge in [0.05, 0.1) is 18.0 Å². The maximum absolute atomic E-state index is 13.4. The van der Waals surface area contributed by atoms with Crippen molar-refractivity contribution in [3.8, 4) is 0 Å². The SMILES string of the molecule is CC[C@H]1CN2CC[C@@H]1C[C@@H]2[C@@H](OC(=O)Cc1ccc2ccccc2c1)c1ccnc2ccccc12. The summed E-state index contributed by atoms with van der Waals surface area (Å²) in [4.78, 5) is 20.5. The molecule has 4 aromatic rings. The fourth-order valence-electron chi connectivity index (χ4n) is 6.37. The maximum Gasteiger partial charge on any atom is 0.310 e. The van der Waals surface area contributed by atoms with Crippen LogP contribution in [0.5, 0.6) is 0 Å². The predicted molar refractivity (Wildman–Crippen MR) is 140 cm³/mol. The van der Waals surface area contributed by atoms with Gasteiger partial charge in [-0.15, -0.1) is 0 Å². The van der Waals surface area contributed by atoms with Crippen LogP contribution in [0.1, 0.15) is 43.4 Å². The summed E-state index contributed by atoms with van der Waals surface area (Å²) in [5.41, 5.74) is 3.01. The van der Waals surface area contributed by atoms with Crippen molar-refractivity contribution >= 4 is 27.6 Å². The van der Waals surface area contributed by atoms with Crippen LogP contribution in [-0.4, -0.2) is 35.0 Å². The van der Waals surface area contributed by atoms with Gasteiger partial charge < -0.3 is 4.74 Å². The standard InChI is InChI=1S/C31H32N2O2/c1-2-22-20-33-16-14-25(22)19-29(33)31(27-13-15-32-28-10-6-5-9-26(27)28)35-30(34)18-21-11-12-23-7-3-4-8-24(23)17-21/h3-13,15,17,22,25,29,31H,2,14,16,18-20H2,1H3/t22-,25+,29+,31-/m0/s1. The van der Waals surface area contributed by atoms with Gasteiger partial charge in [0.25, 0.3) is 0 Å². The van der Waals surface area contributed by atoms with Crippen molar-refractivity contribution < 1.29 is 9.53 Å². The molecule has 35 heavy (non-hydrogen) atoms. The van der Waals surface area contributed by atoms with Crippen molar-refractivity contribution in [3.63, 3.8) is 0 Å². The third-order valence-corrected chi connectivity index (χ3v) is 8.22. The van der Waals surface area contributed by atoms with Crippen LogP contribution >= 0.6 is 0 Å². The van der Waals surface area contributed by atoms with Gasteiger partial charge in [0.15, 0.2) is 0 Å². The van der Waals surface area contributed by atoms with Crippen LogP contribution in [0.3, 0.4) is 0 Å². The van der Waals surface area contributed by atoms with E-state index >= 15 is 0 Å². The van der Waals surface area contributed by atoms with E-state index in [1.165, 1.54) is 18.2 Å². The molecule has 2 bridgehead atoms. The summed E-state index contributed by atoms with van der Waals surface area (Å²) in [6.45, 7) is 4.50. The summed E-state index contributed by atoms with van der Waals surface area (Å²) >= 11 is 0. The Morgan fingerprint density at radius 3 is 2.71 bits per heavy atom. The number of esters is 1. The number of nitrogens with zero attached hydrogens (tertiary/aromatic N) is 2. The minimum atomic E-state index is -0.295. The zero-order chi connectivity index (χ0) is 23.8. The Balaban J connectivity index is 1.32. The van der Waals surface area contributed by atoms with Crippen molar-refractivity contribution in [2.24, 2.45) is 11.8 Å². The third kappa shape index (κ3) is 4.32. The molecule has 4 nitrogen and oxygen atoms in total. The Labute approximate surface area is 206 Å². The first-order valence-corrected chi connectivity index (χ1v) is 12.9. The third-order valence-electron chi connectivity index (χ3n) is 8.22. The van der Waals surface area contributed by atoms with E-state index in [1.807, 2.05) is 42.6 Å². The average molecular weight is 465 g/mol. The van der Waals surface area contributed by atoms with Crippen molar-refractivity contribution in [1.29, 1.82) is 0 Å². The fourth-order valence-corrected chi connectivity index (χ4v) is 6.37. The largest absolute Gasteiger partial charge is 0.456 e. The number of rotatable bonds is 6. The van der Waals surface area contributed by atoms with Gasteiger partial charge in [-0.2, -0.15) is 0 Å². The van der Waals surface area contributed by atoms with Gasteiger partial charge in [0, 0.05) is 23.7 Å². The molecule has 0 N–H and O–H groups in total. The van der Waals surface area contributed by atoms with Gasteiger partial charge in [0.2, 0.25) is 0 Å². The topological polar surface area (TPSA) is 42.4 Å². The van der Waals surface area contributed by atoms with E-state index in [-0.39, 0.29) is 24.5 Å². The lowest BCUT2D eigenvalue weighted by Crippen LogP contribution is -2.55. The number of hydrogen-bond acceptors (Lipinski definition) is 4. The Morgan fingerprint density at radius 1 is 1.06 bits per heavy atom. The van der Waals surface area contributed by atoms with Crippen LogP contribution < -0.4 is 0 Å². The minimum absolute atomic E-state index is 0.166. The van der Waals surface area contributed by atoms with Crippen LogP contribution in [0, 0.1) is 11.8 Å². The molecule has 0 aliphatic carbocycles. The number of pyridine rings is 1. The van der Waals surface area contributed by atoms with E-state index in [9.17, 15) is 4.79 Å². The number of piperidine rings is 3. The predicted octanol–water partition coefficient (Wildman–Crippen LogP) is 6.34. The number of hydrogen-bond donors (Lipinski definition) is 0. The lowest BCUT2D eigenvalue weighted by molar-refractivity contribution is -0.157. The first kappa shape index (κ1) is 22.2. The zero-order valence-electron chi connectivity index (χ0n) is 20.3. The molecule has 0 amide bonds. The van der Waals surface area contributed by atoms with Crippen LogP contribution in [0.4, 0.5) is 0 Å². The molecule has 4 heteroatoms. The number of ether oxygens (including phenoxy) is 1. The summed E-state index contributed by atoms with van der Waals surface area (Å²) in [7, 11) is 0. The van der Waals surface area contributed by atoms with Crippen molar-refractivity contribution in [3.05, 3.63) is 90.1 Å². The molecule has 3 fully saturated rings. The van der Waals surface area contributed by atoms with Crippen molar-refractivity contribution in [1.82, 2.24) is 9.88 Å². The fraction of sp³-hybridized carbons (Fsp3) is 0.355. The molecule has 3 aliphatic heterocycles.